The van der Waals surface area contributed by atoms with E-state index < -0.39 is 0 Å². The van der Waals surface area contributed by atoms with E-state index in [1.54, 1.807) is 54.3 Å². The Morgan fingerprint density at radius 2 is 1.61 bits per heavy atom. The van der Waals surface area contributed by atoms with E-state index in [-0.39, 0.29) is 6.03 Å². The van der Waals surface area contributed by atoms with Crippen LogP contribution < -0.4 is 15.4 Å². The second-order valence-electron chi connectivity index (χ2n) is 7.14. The number of carbonyl (C=O) groups is 1. The molecule has 0 unspecified atom stereocenters. The Bertz CT molecular complexity index is 1180. The van der Waals surface area contributed by atoms with E-state index in [0.717, 1.165) is 16.8 Å². The number of ether oxygens (including phenoxy) is 1. The molecule has 0 saturated carbocycles. The van der Waals surface area contributed by atoms with Gasteiger partial charge < -0.3 is 15.4 Å². The second kappa shape index (κ2) is 8.66. The first-order valence-corrected chi connectivity index (χ1v) is 9.74. The fourth-order valence-corrected chi connectivity index (χ4v) is 3.17. The maximum absolute atomic E-state index is 12.3. The summed E-state index contributed by atoms with van der Waals surface area (Å²) in [5.41, 5.74) is 3.58. The van der Waals surface area contributed by atoms with Crippen LogP contribution in [-0.2, 0) is 0 Å². The van der Waals surface area contributed by atoms with Crippen LogP contribution in [0.15, 0.2) is 67.0 Å². The van der Waals surface area contributed by atoms with Crippen molar-refractivity contribution in [3.05, 3.63) is 83.9 Å². The van der Waals surface area contributed by atoms with Gasteiger partial charge in [0, 0.05) is 29.8 Å². The number of aromatic nitrogens is 4. The quantitative estimate of drug-likeness (QED) is 0.478. The molecule has 0 aliphatic heterocycles. The van der Waals surface area contributed by atoms with E-state index >= 15 is 0 Å². The van der Waals surface area contributed by atoms with Gasteiger partial charge in [0.25, 0.3) is 0 Å². The molecule has 2 heterocycles. The summed E-state index contributed by atoms with van der Waals surface area (Å²) in [5, 5.41) is 9.84. The van der Waals surface area contributed by atoms with E-state index in [0.29, 0.717) is 29.0 Å². The fourth-order valence-electron chi connectivity index (χ4n) is 3.17. The predicted molar refractivity (Wildman–Crippen MR) is 119 cm³/mol. The van der Waals surface area contributed by atoms with Crippen molar-refractivity contribution in [3.8, 4) is 17.4 Å². The van der Waals surface area contributed by atoms with Crippen LogP contribution >= 0.6 is 0 Å². The molecule has 2 N–H and O–H groups in total. The van der Waals surface area contributed by atoms with Crippen molar-refractivity contribution in [2.75, 3.05) is 10.6 Å². The molecule has 0 aliphatic carbocycles. The van der Waals surface area contributed by atoms with Gasteiger partial charge in [-0.25, -0.2) is 14.5 Å². The third-order valence-electron chi connectivity index (χ3n) is 4.35. The summed E-state index contributed by atoms with van der Waals surface area (Å²) in [5.74, 6) is 2.19. The lowest BCUT2D eigenvalue weighted by molar-refractivity contribution is 0.262. The highest BCUT2D eigenvalue weighted by Crippen LogP contribution is 2.23. The summed E-state index contributed by atoms with van der Waals surface area (Å²) in [7, 11) is 0. The van der Waals surface area contributed by atoms with E-state index in [9.17, 15) is 4.79 Å². The third-order valence-corrected chi connectivity index (χ3v) is 4.35. The first-order valence-electron chi connectivity index (χ1n) is 9.74. The monoisotopic (exact) mass is 414 g/mol. The molecule has 0 spiro atoms. The minimum Gasteiger partial charge on any atom is -0.439 e. The normalized spacial score (nSPS) is 10.5. The zero-order chi connectivity index (χ0) is 21.8. The summed E-state index contributed by atoms with van der Waals surface area (Å²) < 4.78 is 7.50. The number of rotatable bonds is 5. The summed E-state index contributed by atoms with van der Waals surface area (Å²) in [6, 6.07) is 16.2. The average Bonchev–Trinajstić information content (AvgIpc) is 3.23. The number of benzene rings is 2. The van der Waals surface area contributed by atoms with Crippen molar-refractivity contribution in [1.82, 2.24) is 19.7 Å². The molecular weight excluding hydrogens is 392 g/mol. The molecule has 0 fully saturated rings. The highest BCUT2D eigenvalue weighted by molar-refractivity contribution is 5.99. The van der Waals surface area contributed by atoms with Crippen molar-refractivity contribution in [3.63, 3.8) is 0 Å². The van der Waals surface area contributed by atoms with Gasteiger partial charge in [-0.1, -0.05) is 6.07 Å². The van der Waals surface area contributed by atoms with Crippen molar-refractivity contribution in [1.29, 1.82) is 0 Å². The molecule has 8 nitrogen and oxygen atoms in total. The maximum atomic E-state index is 12.3. The molecule has 2 aromatic carbocycles. The molecule has 31 heavy (non-hydrogen) atoms. The van der Waals surface area contributed by atoms with Gasteiger partial charge in [0.1, 0.15) is 11.6 Å². The van der Waals surface area contributed by atoms with Crippen molar-refractivity contribution >= 4 is 17.4 Å². The van der Waals surface area contributed by atoms with E-state index in [1.165, 1.54) is 0 Å². The Kier molecular flexibility index (Phi) is 5.61. The second-order valence-corrected chi connectivity index (χ2v) is 7.14. The SMILES string of the molecule is Cc1cc(C)cc(NC(=O)Nc2ccc(Oc3cc(-n4cccn4)nc(C)n3)cc2)c1. The highest BCUT2D eigenvalue weighted by atomic mass is 16.5. The van der Waals surface area contributed by atoms with Crippen molar-refractivity contribution in [2.24, 2.45) is 0 Å². The van der Waals surface area contributed by atoms with Crippen LogP contribution in [0.5, 0.6) is 11.6 Å². The molecule has 156 valence electrons. The van der Waals surface area contributed by atoms with E-state index in [2.05, 4.69) is 31.8 Å². The largest absolute Gasteiger partial charge is 0.439 e. The highest BCUT2D eigenvalue weighted by Gasteiger charge is 2.08. The molecule has 4 aromatic rings. The zero-order valence-electron chi connectivity index (χ0n) is 17.5. The molecule has 0 radical (unpaired) electrons. The van der Waals surface area contributed by atoms with Gasteiger partial charge in [-0.05, 0) is 74.4 Å². The number of nitrogens with one attached hydrogen (secondary N) is 2. The lowest BCUT2D eigenvalue weighted by atomic mass is 10.1. The van der Waals surface area contributed by atoms with Gasteiger partial charge in [0.15, 0.2) is 5.82 Å². The number of hydrogen-bond donors (Lipinski definition) is 2. The number of carbonyl (C=O) groups excluding carboxylic acids is 1. The molecule has 0 bridgehead atoms. The Balaban J connectivity index is 1.41. The Morgan fingerprint density at radius 3 is 2.29 bits per heavy atom. The van der Waals surface area contributed by atoms with Crippen LogP contribution in [0.25, 0.3) is 5.82 Å². The predicted octanol–water partition coefficient (Wildman–Crippen LogP) is 5.02. The number of aryl methyl sites for hydroxylation is 3. The molecule has 2 aromatic heterocycles. The van der Waals surface area contributed by atoms with Crippen molar-refractivity contribution in [2.45, 2.75) is 20.8 Å². The van der Waals surface area contributed by atoms with Crippen molar-refractivity contribution < 1.29 is 9.53 Å². The minimum atomic E-state index is -0.311. The van der Waals surface area contributed by atoms with Crippen LogP contribution in [0.1, 0.15) is 17.0 Å². The molecule has 0 aliphatic rings. The summed E-state index contributed by atoms with van der Waals surface area (Å²) in [4.78, 5) is 21.0. The minimum absolute atomic E-state index is 0.311. The lowest BCUT2D eigenvalue weighted by Crippen LogP contribution is -2.19. The molecular formula is C23H22N6O2. The first-order chi connectivity index (χ1) is 14.9. The maximum Gasteiger partial charge on any atom is 0.323 e. The van der Waals surface area contributed by atoms with Crippen LogP contribution in [0.3, 0.4) is 0 Å². The molecule has 0 saturated heterocycles. The number of anilines is 2. The standard InChI is InChI=1S/C23H22N6O2/c1-15-11-16(2)13-19(12-15)28-23(30)27-18-5-7-20(8-6-18)31-22-14-21(25-17(3)26-22)29-10-4-9-24-29/h4-14H,1-3H3,(H2,27,28,30). The summed E-state index contributed by atoms with van der Waals surface area (Å²) in [6.45, 7) is 5.78. The van der Waals surface area contributed by atoms with Crippen LogP contribution in [-0.4, -0.2) is 25.8 Å². The van der Waals surface area contributed by atoms with Gasteiger partial charge in [-0.15, -0.1) is 0 Å². The topological polar surface area (TPSA) is 94.0 Å². The van der Waals surface area contributed by atoms with Crippen LogP contribution in [0.2, 0.25) is 0 Å². The number of hydrogen-bond acceptors (Lipinski definition) is 5. The summed E-state index contributed by atoms with van der Waals surface area (Å²) in [6.07, 6.45) is 3.48. The van der Waals surface area contributed by atoms with Gasteiger partial charge in [0.05, 0.1) is 0 Å². The molecule has 2 amide bonds. The Labute approximate surface area is 179 Å². The Morgan fingerprint density at radius 1 is 0.903 bits per heavy atom. The fraction of sp³-hybridized carbons (Fsp3) is 0.130. The Hall–Kier alpha value is -4.20. The van der Waals surface area contributed by atoms with Gasteiger partial charge in [0.2, 0.25) is 5.88 Å². The smallest absolute Gasteiger partial charge is 0.323 e. The summed E-state index contributed by atoms with van der Waals surface area (Å²) >= 11 is 0. The van der Waals surface area contributed by atoms with Gasteiger partial charge in [-0.2, -0.15) is 10.1 Å². The number of urea groups is 1. The first kappa shape index (κ1) is 20.1. The molecule has 8 heteroatoms. The lowest BCUT2D eigenvalue weighted by Gasteiger charge is -2.11. The number of amides is 2. The number of nitrogens with zero attached hydrogens (tertiary/aromatic N) is 4. The van der Waals surface area contributed by atoms with E-state index in [4.69, 9.17) is 4.74 Å². The van der Waals surface area contributed by atoms with E-state index in [1.807, 2.05) is 32.0 Å². The van der Waals surface area contributed by atoms with Gasteiger partial charge in [-0.3, -0.25) is 0 Å². The zero-order valence-corrected chi connectivity index (χ0v) is 17.5. The molecule has 0 atom stereocenters. The third kappa shape index (κ3) is 5.24. The van der Waals surface area contributed by atoms with Gasteiger partial charge >= 0.3 is 6.03 Å². The average molecular weight is 414 g/mol. The van der Waals surface area contributed by atoms with Crippen LogP contribution in [0.4, 0.5) is 16.2 Å². The molecule has 4 rings (SSSR count). The van der Waals surface area contributed by atoms with Crippen LogP contribution in [0, 0.1) is 20.8 Å².